The van der Waals surface area contributed by atoms with Crippen LogP contribution in [0, 0.1) is 6.92 Å². The van der Waals surface area contributed by atoms with E-state index in [1.165, 1.54) is 0 Å². The Bertz CT molecular complexity index is 494. The third-order valence-corrected chi connectivity index (χ3v) is 2.22. The summed E-state index contributed by atoms with van der Waals surface area (Å²) in [5.74, 6) is 0.536. The second kappa shape index (κ2) is 5.20. The zero-order valence-electron chi connectivity index (χ0n) is 9.47. The lowest BCUT2D eigenvalue weighted by Crippen LogP contribution is -2.26. The fraction of sp³-hybridized carbons (Fsp3) is 0.273. The Morgan fingerprint density at radius 2 is 2.41 bits per heavy atom. The van der Waals surface area contributed by atoms with E-state index in [0.717, 1.165) is 12.0 Å². The number of aromatic nitrogens is 4. The summed E-state index contributed by atoms with van der Waals surface area (Å²) >= 11 is 0. The van der Waals surface area contributed by atoms with E-state index < -0.39 is 0 Å². The van der Waals surface area contributed by atoms with E-state index in [4.69, 9.17) is 0 Å². The van der Waals surface area contributed by atoms with Gasteiger partial charge in [-0.1, -0.05) is 6.07 Å². The predicted octanol–water partition coefficient (Wildman–Crippen LogP) is 0.481. The number of nitrogens with zero attached hydrogens (tertiary/aromatic N) is 3. The monoisotopic (exact) mass is 231 g/mol. The number of aryl methyl sites for hydroxylation is 1. The maximum absolute atomic E-state index is 11.6. The van der Waals surface area contributed by atoms with Crippen LogP contribution in [-0.2, 0) is 6.42 Å². The van der Waals surface area contributed by atoms with Gasteiger partial charge in [0.05, 0.1) is 0 Å². The molecule has 0 aliphatic heterocycles. The highest BCUT2D eigenvalue weighted by Crippen LogP contribution is 1.96. The van der Waals surface area contributed by atoms with Crippen molar-refractivity contribution in [2.24, 2.45) is 0 Å². The van der Waals surface area contributed by atoms with Crippen molar-refractivity contribution in [2.75, 3.05) is 6.54 Å². The summed E-state index contributed by atoms with van der Waals surface area (Å²) in [6.07, 6.45) is 4.24. The number of carbonyl (C=O) groups excluding carboxylic acids is 1. The zero-order chi connectivity index (χ0) is 12.1. The molecule has 0 saturated heterocycles. The molecule has 17 heavy (non-hydrogen) atoms. The van der Waals surface area contributed by atoms with Crippen molar-refractivity contribution < 1.29 is 4.79 Å². The number of rotatable bonds is 4. The van der Waals surface area contributed by atoms with Gasteiger partial charge in [0.2, 0.25) is 5.82 Å². The number of nitrogens with one attached hydrogen (secondary N) is 2. The van der Waals surface area contributed by atoms with Crippen molar-refractivity contribution in [1.29, 1.82) is 0 Å². The van der Waals surface area contributed by atoms with Crippen LogP contribution in [0.3, 0.4) is 0 Å². The predicted molar refractivity (Wildman–Crippen MR) is 61.4 cm³/mol. The van der Waals surface area contributed by atoms with Crippen LogP contribution in [0.25, 0.3) is 0 Å². The molecule has 2 heterocycles. The van der Waals surface area contributed by atoms with Gasteiger partial charge >= 0.3 is 0 Å². The van der Waals surface area contributed by atoms with E-state index in [-0.39, 0.29) is 11.7 Å². The van der Waals surface area contributed by atoms with E-state index in [0.29, 0.717) is 12.4 Å². The topological polar surface area (TPSA) is 83.6 Å². The molecule has 6 nitrogen and oxygen atoms in total. The summed E-state index contributed by atoms with van der Waals surface area (Å²) in [6, 6.07) is 3.84. The van der Waals surface area contributed by atoms with Crippen LogP contribution in [0.2, 0.25) is 0 Å². The largest absolute Gasteiger partial charge is 0.349 e. The molecule has 6 heteroatoms. The lowest BCUT2D eigenvalue weighted by molar-refractivity contribution is 0.0944. The fourth-order valence-electron chi connectivity index (χ4n) is 1.39. The fourth-order valence-corrected chi connectivity index (χ4v) is 1.39. The molecule has 0 saturated carbocycles. The van der Waals surface area contributed by atoms with Gasteiger partial charge in [-0.3, -0.25) is 14.9 Å². The molecule has 0 fully saturated rings. The smallest absolute Gasteiger partial charge is 0.290 e. The number of aromatic amines is 1. The number of hydrogen-bond acceptors (Lipinski definition) is 4. The van der Waals surface area contributed by atoms with Gasteiger partial charge in [-0.05, 0) is 25.0 Å². The van der Waals surface area contributed by atoms with Crippen LogP contribution in [0.15, 0.2) is 24.5 Å². The van der Waals surface area contributed by atoms with E-state index in [9.17, 15) is 4.79 Å². The molecular weight excluding hydrogens is 218 g/mol. The highest BCUT2D eigenvalue weighted by Gasteiger charge is 2.09. The third-order valence-electron chi connectivity index (χ3n) is 2.22. The Labute approximate surface area is 98.5 Å². The lowest BCUT2D eigenvalue weighted by Gasteiger charge is -2.02. The Kier molecular flexibility index (Phi) is 3.44. The second-order valence-electron chi connectivity index (χ2n) is 3.61. The summed E-state index contributed by atoms with van der Waals surface area (Å²) in [7, 11) is 0. The normalized spacial score (nSPS) is 10.2. The van der Waals surface area contributed by atoms with E-state index >= 15 is 0 Å². The molecule has 0 bridgehead atoms. The Morgan fingerprint density at radius 1 is 1.53 bits per heavy atom. The molecule has 2 aromatic rings. The van der Waals surface area contributed by atoms with Gasteiger partial charge in [0.25, 0.3) is 5.91 Å². The Balaban J connectivity index is 1.81. The highest BCUT2D eigenvalue weighted by atomic mass is 16.2. The maximum atomic E-state index is 11.6. The second-order valence-corrected chi connectivity index (χ2v) is 3.61. The molecule has 0 radical (unpaired) electrons. The van der Waals surface area contributed by atoms with Gasteiger partial charge in [-0.2, -0.15) is 0 Å². The van der Waals surface area contributed by atoms with E-state index in [1.807, 2.05) is 12.1 Å². The van der Waals surface area contributed by atoms with Crippen molar-refractivity contribution in [3.63, 3.8) is 0 Å². The molecular formula is C11H13N5O. The average molecular weight is 231 g/mol. The SMILES string of the molecule is Cc1nc(C(=O)NCCc2cccnc2)n[nH]1. The molecule has 1 amide bonds. The Morgan fingerprint density at radius 3 is 3.06 bits per heavy atom. The van der Waals surface area contributed by atoms with Crippen LogP contribution in [0.4, 0.5) is 0 Å². The van der Waals surface area contributed by atoms with Crippen LogP contribution in [0.5, 0.6) is 0 Å². The van der Waals surface area contributed by atoms with Crippen molar-refractivity contribution in [1.82, 2.24) is 25.5 Å². The maximum Gasteiger partial charge on any atom is 0.290 e. The molecule has 0 aliphatic carbocycles. The quantitative estimate of drug-likeness (QED) is 0.801. The van der Waals surface area contributed by atoms with Gasteiger partial charge in [-0.15, -0.1) is 5.10 Å². The van der Waals surface area contributed by atoms with Crippen molar-refractivity contribution in [2.45, 2.75) is 13.3 Å². The standard InChI is InChI=1S/C11H13N5O/c1-8-14-10(16-15-8)11(17)13-6-4-9-3-2-5-12-7-9/h2-3,5,7H,4,6H2,1H3,(H,13,17)(H,14,15,16). The molecule has 2 rings (SSSR count). The minimum atomic E-state index is -0.266. The van der Waals surface area contributed by atoms with Crippen LogP contribution >= 0.6 is 0 Å². The first kappa shape index (κ1) is 11.3. The number of amides is 1. The Hall–Kier alpha value is -2.24. The molecule has 0 unspecified atom stereocenters. The van der Waals surface area contributed by atoms with Gasteiger partial charge in [0.1, 0.15) is 5.82 Å². The molecule has 0 spiro atoms. The van der Waals surface area contributed by atoms with Crippen molar-refractivity contribution in [3.05, 3.63) is 41.7 Å². The lowest BCUT2D eigenvalue weighted by atomic mass is 10.2. The molecule has 0 aromatic carbocycles. The van der Waals surface area contributed by atoms with Gasteiger partial charge in [-0.25, -0.2) is 4.98 Å². The summed E-state index contributed by atoms with van der Waals surface area (Å²) in [4.78, 5) is 19.5. The minimum absolute atomic E-state index is 0.175. The summed E-state index contributed by atoms with van der Waals surface area (Å²) in [6.45, 7) is 2.29. The van der Waals surface area contributed by atoms with Crippen LogP contribution in [-0.4, -0.2) is 32.6 Å². The van der Waals surface area contributed by atoms with Crippen molar-refractivity contribution >= 4 is 5.91 Å². The van der Waals surface area contributed by atoms with Crippen molar-refractivity contribution in [3.8, 4) is 0 Å². The van der Waals surface area contributed by atoms with Gasteiger partial charge in [0.15, 0.2) is 0 Å². The average Bonchev–Trinajstić information content (AvgIpc) is 2.77. The third kappa shape index (κ3) is 3.10. The minimum Gasteiger partial charge on any atom is -0.349 e. The molecule has 0 aliphatic rings. The number of H-pyrrole nitrogens is 1. The first-order chi connectivity index (χ1) is 8.25. The first-order valence-electron chi connectivity index (χ1n) is 5.32. The number of carbonyl (C=O) groups is 1. The van der Waals surface area contributed by atoms with E-state index in [2.05, 4.69) is 25.5 Å². The summed E-state index contributed by atoms with van der Waals surface area (Å²) in [5.41, 5.74) is 1.08. The number of pyridine rings is 1. The van der Waals surface area contributed by atoms with E-state index in [1.54, 1.807) is 19.3 Å². The van der Waals surface area contributed by atoms with Gasteiger partial charge < -0.3 is 5.32 Å². The summed E-state index contributed by atoms with van der Waals surface area (Å²) in [5, 5.41) is 9.16. The number of hydrogen-bond donors (Lipinski definition) is 2. The summed E-state index contributed by atoms with van der Waals surface area (Å²) < 4.78 is 0. The first-order valence-corrected chi connectivity index (χ1v) is 5.32. The van der Waals surface area contributed by atoms with Crippen LogP contribution in [0.1, 0.15) is 22.0 Å². The highest BCUT2D eigenvalue weighted by molar-refractivity contribution is 5.90. The zero-order valence-corrected chi connectivity index (χ0v) is 9.47. The molecule has 0 atom stereocenters. The van der Waals surface area contributed by atoms with Gasteiger partial charge in [0, 0.05) is 18.9 Å². The molecule has 2 aromatic heterocycles. The van der Waals surface area contributed by atoms with Crippen LogP contribution < -0.4 is 5.32 Å². The molecule has 2 N–H and O–H groups in total. The molecule has 88 valence electrons.